The quantitative estimate of drug-likeness (QED) is 0.780. The first-order valence-corrected chi connectivity index (χ1v) is 8.16. The summed E-state index contributed by atoms with van der Waals surface area (Å²) in [5.41, 5.74) is 7.44. The van der Waals surface area contributed by atoms with Gasteiger partial charge >= 0.3 is 6.09 Å². The van der Waals surface area contributed by atoms with E-state index < -0.39 is 0 Å². The SMILES string of the molecule is N#C[C@H]1C[C@@H]1C(=O)NC1=CC2C=C(N3CCOC3=O)C=C(N)C2C=N1. The molecule has 2 unspecified atom stereocenters. The van der Waals surface area contributed by atoms with Crippen LogP contribution in [0.5, 0.6) is 0 Å². The Morgan fingerprint density at radius 2 is 2.32 bits per heavy atom. The Labute approximate surface area is 144 Å². The van der Waals surface area contributed by atoms with Crippen molar-refractivity contribution in [3.05, 3.63) is 35.4 Å². The second-order valence-corrected chi connectivity index (χ2v) is 6.50. The van der Waals surface area contributed by atoms with Crippen molar-refractivity contribution in [2.45, 2.75) is 6.42 Å². The van der Waals surface area contributed by atoms with Crippen LogP contribution in [0.1, 0.15) is 6.42 Å². The van der Waals surface area contributed by atoms with Gasteiger partial charge in [0, 0.05) is 29.4 Å². The summed E-state index contributed by atoms with van der Waals surface area (Å²) < 4.78 is 4.97. The van der Waals surface area contributed by atoms with Gasteiger partial charge in [0.25, 0.3) is 0 Å². The van der Waals surface area contributed by atoms with E-state index in [0.29, 0.717) is 36.8 Å². The van der Waals surface area contributed by atoms with Gasteiger partial charge in [-0.25, -0.2) is 9.79 Å². The first-order chi connectivity index (χ1) is 12.1. The number of hydrogen-bond donors (Lipinski definition) is 2. The minimum atomic E-state index is -0.382. The molecule has 2 heterocycles. The highest BCUT2D eigenvalue weighted by molar-refractivity contribution is 5.84. The Hall–Kier alpha value is -3.08. The predicted octanol–water partition coefficient (Wildman–Crippen LogP) is 0.613. The first kappa shape index (κ1) is 15.4. The van der Waals surface area contributed by atoms with Crippen LogP contribution < -0.4 is 11.1 Å². The van der Waals surface area contributed by atoms with Crippen molar-refractivity contribution in [1.29, 1.82) is 5.26 Å². The van der Waals surface area contributed by atoms with E-state index in [1.165, 1.54) is 0 Å². The summed E-state index contributed by atoms with van der Waals surface area (Å²) in [6, 6.07) is 2.10. The molecule has 4 atom stereocenters. The summed E-state index contributed by atoms with van der Waals surface area (Å²) >= 11 is 0. The number of allylic oxidation sites excluding steroid dienone is 4. The zero-order valence-corrected chi connectivity index (χ0v) is 13.4. The molecule has 2 aliphatic heterocycles. The van der Waals surface area contributed by atoms with Crippen molar-refractivity contribution in [3.8, 4) is 6.07 Å². The molecule has 0 aromatic heterocycles. The molecule has 0 aromatic carbocycles. The summed E-state index contributed by atoms with van der Waals surface area (Å²) in [7, 11) is 0. The van der Waals surface area contributed by atoms with Crippen LogP contribution in [0.3, 0.4) is 0 Å². The van der Waals surface area contributed by atoms with Crippen molar-refractivity contribution in [3.63, 3.8) is 0 Å². The van der Waals surface area contributed by atoms with Crippen molar-refractivity contribution in [1.82, 2.24) is 10.2 Å². The molecule has 0 bridgehead atoms. The zero-order valence-electron chi connectivity index (χ0n) is 13.4. The molecule has 3 N–H and O–H groups in total. The van der Waals surface area contributed by atoms with Crippen molar-refractivity contribution < 1.29 is 14.3 Å². The summed E-state index contributed by atoms with van der Waals surface area (Å²) in [6.07, 6.45) is 7.44. The highest BCUT2D eigenvalue weighted by atomic mass is 16.6. The van der Waals surface area contributed by atoms with Crippen LogP contribution >= 0.6 is 0 Å². The maximum Gasteiger partial charge on any atom is 0.414 e. The van der Waals surface area contributed by atoms with Crippen LogP contribution in [-0.2, 0) is 9.53 Å². The van der Waals surface area contributed by atoms with Crippen LogP contribution in [0.4, 0.5) is 4.79 Å². The van der Waals surface area contributed by atoms with E-state index >= 15 is 0 Å². The number of aliphatic imine (C=N–C) groups is 1. The number of nitrogens with two attached hydrogens (primary N) is 1. The number of ether oxygens (including phenoxy) is 1. The van der Waals surface area contributed by atoms with Gasteiger partial charge in [0.2, 0.25) is 5.91 Å². The van der Waals surface area contributed by atoms with Gasteiger partial charge in [0.15, 0.2) is 0 Å². The molecule has 1 saturated carbocycles. The standard InChI is InChI=1S/C17H17N5O3/c18-7-10-4-12(10)16(23)21-15-5-9-3-11(22-1-2-25-17(22)24)6-14(19)13(9)8-20-15/h3,5-6,8-10,12-13H,1-2,4,19H2,(H,21,23)/t9?,10-,12+,13?/m1/s1. The fourth-order valence-corrected chi connectivity index (χ4v) is 3.28. The number of fused-ring (bicyclic) bond motifs is 1. The van der Waals surface area contributed by atoms with E-state index in [4.69, 9.17) is 15.7 Å². The third kappa shape index (κ3) is 2.78. The number of rotatable bonds is 3. The highest BCUT2D eigenvalue weighted by Gasteiger charge is 2.43. The molecule has 8 nitrogen and oxygen atoms in total. The molecule has 0 spiro atoms. The normalized spacial score (nSPS) is 32.7. The molecule has 2 fully saturated rings. The summed E-state index contributed by atoms with van der Waals surface area (Å²) in [6.45, 7) is 0.850. The van der Waals surface area contributed by atoms with Crippen LogP contribution in [0.2, 0.25) is 0 Å². The fraction of sp³-hybridized carbons (Fsp3) is 0.412. The number of amides is 2. The smallest absolute Gasteiger partial charge is 0.414 e. The van der Waals surface area contributed by atoms with E-state index in [0.717, 1.165) is 0 Å². The van der Waals surface area contributed by atoms with E-state index in [1.54, 1.807) is 17.2 Å². The van der Waals surface area contributed by atoms with Crippen molar-refractivity contribution >= 4 is 18.2 Å². The van der Waals surface area contributed by atoms with Crippen LogP contribution in [0.25, 0.3) is 0 Å². The fourth-order valence-electron chi connectivity index (χ4n) is 3.28. The van der Waals surface area contributed by atoms with Gasteiger partial charge in [-0.2, -0.15) is 5.26 Å². The minimum absolute atomic E-state index is 0.101. The number of nitriles is 1. The summed E-state index contributed by atoms with van der Waals surface area (Å²) in [5, 5.41) is 11.6. The van der Waals surface area contributed by atoms with Gasteiger partial charge in [-0.3, -0.25) is 9.69 Å². The number of nitrogens with one attached hydrogen (secondary N) is 1. The van der Waals surface area contributed by atoms with Gasteiger partial charge in [-0.1, -0.05) is 6.08 Å². The highest BCUT2D eigenvalue weighted by Crippen LogP contribution is 2.38. The van der Waals surface area contributed by atoms with Crippen LogP contribution in [-0.4, -0.2) is 36.3 Å². The molecule has 25 heavy (non-hydrogen) atoms. The molecule has 2 amide bonds. The molecule has 8 heteroatoms. The molecule has 128 valence electrons. The largest absolute Gasteiger partial charge is 0.447 e. The summed E-state index contributed by atoms with van der Waals surface area (Å²) in [5.74, 6) is -0.380. The maximum absolute atomic E-state index is 12.1. The van der Waals surface area contributed by atoms with Gasteiger partial charge in [0.05, 0.1) is 24.4 Å². The lowest BCUT2D eigenvalue weighted by molar-refractivity contribution is -0.121. The average Bonchev–Trinajstić information content (AvgIpc) is 3.27. The van der Waals surface area contributed by atoms with Gasteiger partial charge in [-0.05, 0) is 18.6 Å². The molecule has 4 aliphatic rings. The topological polar surface area (TPSA) is 121 Å². The molecule has 0 radical (unpaired) electrons. The average molecular weight is 339 g/mol. The lowest BCUT2D eigenvalue weighted by Gasteiger charge is -2.29. The number of hydrogen-bond acceptors (Lipinski definition) is 6. The Kier molecular flexibility index (Phi) is 3.57. The lowest BCUT2D eigenvalue weighted by atomic mass is 9.84. The minimum Gasteiger partial charge on any atom is -0.447 e. The molecular formula is C17H17N5O3. The van der Waals surface area contributed by atoms with E-state index in [1.807, 2.05) is 12.2 Å². The second kappa shape index (κ2) is 5.77. The van der Waals surface area contributed by atoms with Crippen molar-refractivity contribution in [2.24, 2.45) is 34.4 Å². The number of carbonyl (C=O) groups excluding carboxylic acids is 2. The molecule has 4 rings (SSSR count). The monoisotopic (exact) mass is 339 g/mol. The molecule has 1 saturated heterocycles. The lowest BCUT2D eigenvalue weighted by Crippen LogP contribution is -2.33. The van der Waals surface area contributed by atoms with Gasteiger partial charge in [-0.15, -0.1) is 0 Å². The Morgan fingerprint density at radius 1 is 1.48 bits per heavy atom. The molecular weight excluding hydrogens is 322 g/mol. The Morgan fingerprint density at radius 3 is 3.00 bits per heavy atom. The third-order valence-electron chi connectivity index (χ3n) is 4.82. The molecule has 2 aliphatic carbocycles. The second-order valence-electron chi connectivity index (χ2n) is 6.50. The number of nitrogens with zero attached hydrogens (tertiary/aromatic N) is 3. The number of carbonyl (C=O) groups is 2. The van der Waals surface area contributed by atoms with Crippen LogP contribution in [0.15, 0.2) is 40.4 Å². The maximum atomic E-state index is 12.1. The van der Waals surface area contributed by atoms with E-state index in [9.17, 15) is 9.59 Å². The summed E-state index contributed by atoms with van der Waals surface area (Å²) in [4.78, 5) is 29.7. The van der Waals surface area contributed by atoms with Gasteiger partial charge in [0.1, 0.15) is 12.4 Å². The van der Waals surface area contributed by atoms with Gasteiger partial charge < -0.3 is 15.8 Å². The predicted molar refractivity (Wildman–Crippen MR) is 87.3 cm³/mol. The molecule has 0 aromatic rings. The Balaban J connectivity index is 1.51. The third-order valence-corrected chi connectivity index (χ3v) is 4.82. The van der Waals surface area contributed by atoms with Crippen LogP contribution in [0, 0.1) is 35.0 Å². The zero-order chi connectivity index (χ0) is 17.6. The Bertz CT molecular complexity index is 804. The van der Waals surface area contributed by atoms with E-state index in [-0.39, 0.29) is 35.7 Å². The van der Waals surface area contributed by atoms with Crippen molar-refractivity contribution in [2.75, 3.05) is 13.2 Å². The van der Waals surface area contributed by atoms with E-state index in [2.05, 4.69) is 16.4 Å². The number of cyclic esters (lactones) is 1. The first-order valence-electron chi connectivity index (χ1n) is 8.16.